The number of nitrogens with two attached hydrogens (primary N) is 1. The molecule has 27 heavy (non-hydrogen) atoms. The molecule has 1 unspecified atom stereocenters. The minimum Gasteiger partial charge on any atom is -0.465 e. The van der Waals surface area contributed by atoms with Crippen LogP contribution in [0.15, 0.2) is 29.2 Å². The number of amides is 1. The van der Waals surface area contributed by atoms with Gasteiger partial charge in [0, 0.05) is 15.5 Å². The van der Waals surface area contributed by atoms with Crippen LogP contribution in [-0.2, 0) is 22.4 Å². The van der Waals surface area contributed by atoms with Gasteiger partial charge in [0.25, 0.3) is 0 Å². The van der Waals surface area contributed by atoms with Crippen LogP contribution in [0.2, 0.25) is 0 Å². The number of thioether (sulfide) groups is 1. The first-order chi connectivity index (χ1) is 13.0. The topological polar surface area (TPSA) is 81.4 Å². The molecule has 0 aliphatic heterocycles. The van der Waals surface area contributed by atoms with Crippen molar-refractivity contribution < 1.29 is 14.3 Å². The Bertz CT molecular complexity index is 848. The highest BCUT2D eigenvalue weighted by Gasteiger charge is 2.28. The maximum Gasteiger partial charge on any atom is 0.341 e. The molecule has 3 N–H and O–H groups in total. The minimum absolute atomic E-state index is 0.103. The van der Waals surface area contributed by atoms with Gasteiger partial charge < -0.3 is 15.8 Å². The van der Waals surface area contributed by atoms with Crippen molar-refractivity contribution in [2.75, 3.05) is 18.2 Å². The monoisotopic (exact) mass is 404 g/mol. The number of rotatable bonds is 6. The summed E-state index contributed by atoms with van der Waals surface area (Å²) < 4.78 is 4.98. The molecule has 144 valence electrons. The molecule has 1 heterocycles. The van der Waals surface area contributed by atoms with E-state index in [4.69, 9.17) is 10.5 Å². The van der Waals surface area contributed by atoms with E-state index >= 15 is 0 Å². The fraction of sp³-hybridized carbons (Fsp3) is 0.400. The molecule has 0 saturated carbocycles. The van der Waals surface area contributed by atoms with Crippen molar-refractivity contribution in [3.05, 3.63) is 40.3 Å². The first-order valence-electron chi connectivity index (χ1n) is 9.09. The van der Waals surface area contributed by atoms with E-state index in [2.05, 4.69) is 5.32 Å². The number of nitrogen functional groups attached to an aromatic ring is 1. The van der Waals surface area contributed by atoms with Crippen LogP contribution in [0, 0.1) is 0 Å². The molecule has 1 atom stereocenters. The fourth-order valence-corrected chi connectivity index (χ4v) is 5.54. The Kier molecular flexibility index (Phi) is 6.44. The highest BCUT2D eigenvalue weighted by molar-refractivity contribution is 8.00. The molecular weight excluding hydrogens is 380 g/mol. The van der Waals surface area contributed by atoms with Crippen molar-refractivity contribution >= 4 is 45.7 Å². The number of methoxy groups -OCH3 is 1. The van der Waals surface area contributed by atoms with Gasteiger partial charge in [0.1, 0.15) is 5.00 Å². The summed E-state index contributed by atoms with van der Waals surface area (Å²) in [6, 6.07) is 7.51. The average Bonchev–Trinajstić information content (AvgIpc) is 3.03. The number of carbonyl (C=O) groups excluding carboxylic acids is 2. The maximum atomic E-state index is 12.9. The Morgan fingerprint density at radius 2 is 2.11 bits per heavy atom. The van der Waals surface area contributed by atoms with Gasteiger partial charge in [0.05, 0.1) is 17.9 Å². The molecule has 1 aromatic heterocycles. The van der Waals surface area contributed by atoms with Crippen molar-refractivity contribution in [2.45, 2.75) is 49.2 Å². The number of aryl methyl sites for hydroxylation is 1. The molecule has 2 aromatic rings. The second-order valence-electron chi connectivity index (χ2n) is 6.48. The number of thiophene rings is 1. The lowest BCUT2D eigenvalue weighted by atomic mass is 9.95. The van der Waals surface area contributed by atoms with Gasteiger partial charge in [0.2, 0.25) is 5.91 Å². The molecule has 5 nitrogen and oxygen atoms in total. The Labute approximate surface area is 167 Å². The third-order valence-electron chi connectivity index (χ3n) is 4.60. The van der Waals surface area contributed by atoms with E-state index < -0.39 is 0 Å². The Morgan fingerprint density at radius 3 is 2.81 bits per heavy atom. The van der Waals surface area contributed by atoms with Crippen molar-refractivity contribution in [3.8, 4) is 0 Å². The summed E-state index contributed by atoms with van der Waals surface area (Å²) in [6.07, 6.45) is 4.66. The number of anilines is 2. The van der Waals surface area contributed by atoms with E-state index in [1.165, 1.54) is 35.1 Å². The molecule has 3 rings (SSSR count). The number of carbonyl (C=O) groups is 2. The summed E-state index contributed by atoms with van der Waals surface area (Å²) in [5, 5.41) is 3.34. The molecule has 0 saturated heterocycles. The zero-order valence-electron chi connectivity index (χ0n) is 15.5. The van der Waals surface area contributed by atoms with Crippen LogP contribution in [0.5, 0.6) is 0 Å². The highest BCUT2D eigenvalue weighted by atomic mass is 32.2. The van der Waals surface area contributed by atoms with Crippen LogP contribution in [-0.4, -0.2) is 24.2 Å². The van der Waals surface area contributed by atoms with Gasteiger partial charge in [-0.25, -0.2) is 4.79 Å². The van der Waals surface area contributed by atoms with E-state index in [0.29, 0.717) is 22.7 Å². The molecule has 0 radical (unpaired) electrons. The molecule has 0 spiro atoms. The molecule has 0 bridgehead atoms. The fourth-order valence-electron chi connectivity index (χ4n) is 3.24. The van der Waals surface area contributed by atoms with Crippen LogP contribution in [0.3, 0.4) is 0 Å². The summed E-state index contributed by atoms with van der Waals surface area (Å²) in [5.74, 6) is -0.477. The zero-order chi connectivity index (χ0) is 19.4. The van der Waals surface area contributed by atoms with Gasteiger partial charge in [0.15, 0.2) is 0 Å². The van der Waals surface area contributed by atoms with Crippen molar-refractivity contribution in [1.29, 1.82) is 0 Å². The Balaban J connectivity index is 1.81. The third kappa shape index (κ3) is 4.47. The number of esters is 1. The Morgan fingerprint density at radius 1 is 1.33 bits per heavy atom. The van der Waals surface area contributed by atoms with E-state index in [-0.39, 0.29) is 17.1 Å². The minimum atomic E-state index is -0.374. The predicted molar refractivity (Wildman–Crippen MR) is 112 cm³/mol. The second-order valence-corrected chi connectivity index (χ2v) is 8.86. The second kappa shape index (κ2) is 8.80. The normalized spacial score (nSPS) is 14.3. The summed E-state index contributed by atoms with van der Waals surface area (Å²) in [7, 11) is 1.38. The molecule has 7 heteroatoms. The quantitative estimate of drug-likeness (QED) is 0.421. The SMILES string of the molecule is CCC(Sc1cccc(N)c1)C(=O)Nc1sc2c(c1C(=O)OC)CCCC2. The van der Waals surface area contributed by atoms with Gasteiger partial charge in [-0.15, -0.1) is 23.1 Å². The van der Waals surface area contributed by atoms with Crippen LogP contribution < -0.4 is 11.1 Å². The number of fused-ring (bicyclic) bond motifs is 1. The molecule has 0 fully saturated rings. The summed E-state index contributed by atoms with van der Waals surface area (Å²) in [6.45, 7) is 1.98. The van der Waals surface area contributed by atoms with Crippen molar-refractivity contribution in [3.63, 3.8) is 0 Å². The average molecular weight is 405 g/mol. The molecule has 1 aliphatic carbocycles. The standard InChI is InChI=1S/C20H24N2O3S2/c1-3-15(26-13-8-6-7-12(21)11-13)18(23)22-19-17(20(24)25-2)14-9-4-5-10-16(14)27-19/h6-8,11,15H,3-5,9-10,21H2,1-2H3,(H,22,23). The van der Waals surface area contributed by atoms with Gasteiger partial charge in [-0.05, 0) is 55.9 Å². The third-order valence-corrected chi connectivity index (χ3v) is 7.16. The molecule has 1 aliphatic rings. The highest BCUT2D eigenvalue weighted by Crippen LogP contribution is 2.39. The van der Waals surface area contributed by atoms with Crippen LogP contribution in [0.1, 0.15) is 47.0 Å². The number of nitrogens with one attached hydrogen (secondary N) is 1. The van der Waals surface area contributed by atoms with Crippen LogP contribution >= 0.6 is 23.1 Å². The lowest BCUT2D eigenvalue weighted by molar-refractivity contribution is -0.115. The number of benzene rings is 1. The smallest absolute Gasteiger partial charge is 0.341 e. The van der Waals surface area contributed by atoms with Gasteiger partial charge in [-0.1, -0.05) is 13.0 Å². The van der Waals surface area contributed by atoms with Crippen molar-refractivity contribution in [1.82, 2.24) is 0 Å². The first kappa shape index (κ1) is 19.8. The van der Waals surface area contributed by atoms with Crippen molar-refractivity contribution in [2.24, 2.45) is 0 Å². The van der Waals surface area contributed by atoms with E-state index in [0.717, 1.165) is 36.1 Å². The lowest BCUT2D eigenvalue weighted by Crippen LogP contribution is -2.25. The van der Waals surface area contributed by atoms with Crippen LogP contribution in [0.25, 0.3) is 0 Å². The van der Waals surface area contributed by atoms with E-state index in [9.17, 15) is 9.59 Å². The zero-order valence-corrected chi connectivity index (χ0v) is 17.2. The summed E-state index contributed by atoms with van der Waals surface area (Å²) in [4.78, 5) is 27.4. The largest absolute Gasteiger partial charge is 0.465 e. The van der Waals surface area contributed by atoms with Gasteiger partial charge in [-0.2, -0.15) is 0 Å². The first-order valence-corrected chi connectivity index (χ1v) is 10.8. The number of ether oxygens (including phenoxy) is 1. The van der Waals surface area contributed by atoms with Gasteiger partial charge in [-0.3, -0.25) is 4.79 Å². The summed E-state index contributed by atoms with van der Waals surface area (Å²) >= 11 is 2.99. The number of hydrogen-bond acceptors (Lipinski definition) is 6. The predicted octanol–water partition coefficient (Wildman–Crippen LogP) is 4.51. The van der Waals surface area contributed by atoms with E-state index in [1.807, 2.05) is 31.2 Å². The molecule has 1 amide bonds. The Hall–Kier alpha value is -1.99. The number of hydrogen-bond donors (Lipinski definition) is 2. The molecular formula is C20H24N2O3S2. The maximum absolute atomic E-state index is 12.9. The molecule has 1 aromatic carbocycles. The lowest BCUT2D eigenvalue weighted by Gasteiger charge is -2.15. The summed E-state index contributed by atoms with van der Waals surface area (Å²) in [5.41, 5.74) is 8.09. The van der Waals surface area contributed by atoms with Gasteiger partial charge >= 0.3 is 5.97 Å². The van der Waals surface area contributed by atoms with E-state index in [1.54, 1.807) is 0 Å². The van der Waals surface area contributed by atoms with Crippen LogP contribution in [0.4, 0.5) is 10.7 Å².